The SMILES string of the molecule is COCCN(C(=O)c1cccs1)C1CC(C(=O)N2CCCNCC2)N(C(=O)c2ccc(C)cc2)C1. The number of rotatable bonds is 7. The predicted molar refractivity (Wildman–Crippen MR) is 136 cm³/mol. The van der Waals surface area contributed by atoms with Crippen molar-refractivity contribution >= 4 is 29.1 Å². The zero-order valence-corrected chi connectivity index (χ0v) is 21.3. The van der Waals surface area contributed by atoms with Gasteiger partial charge in [-0.1, -0.05) is 23.8 Å². The number of hydrogen-bond acceptors (Lipinski definition) is 6. The van der Waals surface area contributed by atoms with E-state index in [1.165, 1.54) is 11.3 Å². The summed E-state index contributed by atoms with van der Waals surface area (Å²) in [5.41, 5.74) is 1.62. The molecule has 35 heavy (non-hydrogen) atoms. The van der Waals surface area contributed by atoms with Crippen LogP contribution in [0.3, 0.4) is 0 Å². The van der Waals surface area contributed by atoms with E-state index in [-0.39, 0.29) is 23.8 Å². The number of likely N-dealkylation sites (tertiary alicyclic amines) is 1. The van der Waals surface area contributed by atoms with Crippen LogP contribution in [0.25, 0.3) is 0 Å². The van der Waals surface area contributed by atoms with Gasteiger partial charge in [0.25, 0.3) is 11.8 Å². The minimum atomic E-state index is -0.604. The molecule has 1 aromatic carbocycles. The first-order valence-electron chi connectivity index (χ1n) is 12.2. The number of carbonyl (C=O) groups is 3. The van der Waals surface area contributed by atoms with E-state index >= 15 is 0 Å². The molecular formula is C26H34N4O4S. The smallest absolute Gasteiger partial charge is 0.264 e. The Morgan fingerprint density at radius 3 is 2.66 bits per heavy atom. The Labute approximate surface area is 210 Å². The largest absolute Gasteiger partial charge is 0.383 e. The van der Waals surface area contributed by atoms with Crippen LogP contribution in [0.2, 0.25) is 0 Å². The molecule has 2 fully saturated rings. The van der Waals surface area contributed by atoms with Gasteiger partial charge < -0.3 is 24.8 Å². The van der Waals surface area contributed by atoms with Gasteiger partial charge in [0.05, 0.1) is 17.5 Å². The van der Waals surface area contributed by atoms with Crippen LogP contribution in [-0.2, 0) is 9.53 Å². The van der Waals surface area contributed by atoms with Gasteiger partial charge in [-0.3, -0.25) is 14.4 Å². The number of thiophene rings is 1. The molecule has 2 atom stereocenters. The molecule has 0 aliphatic carbocycles. The van der Waals surface area contributed by atoms with Crippen LogP contribution in [0, 0.1) is 6.92 Å². The molecule has 2 unspecified atom stereocenters. The maximum atomic E-state index is 13.7. The molecule has 3 heterocycles. The molecule has 8 nitrogen and oxygen atoms in total. The minimum absolute atomic E-state index is 0.0353. The van der Waals surface area contributed by atoms with Crippen LogP contribution in [-0.4, -0.2) is 97.5 Å². The van der Waals surface area contributed by atoms with E-state index in [0.29, 0.717) is 49.6 Å². The summed E-state index contributed by atoms with van der Waals surface area (Å²) in [5, 5.41) is 5.21. The summed E-state index contributed by atoms with van der Waals surface area (Å²) in [5.74, 6) is -0.294. The second-order valence-corrected chi connectivity index (χ2v) is 10.1. The maximum absolute atomic E-state index is 13.7. The van der Waals surface area contributed by atoms with Gasteiger partial charge >= 0.3 is 0 Å². The van der Waals surface area contributed by atoms with Gasteiger partial charge in [0.2, 0.25) is 5.91 Å². The van der Waals surface area contributed by atoms with Crippen LogP contribution in [0.1, 0.15) is 38.4 Å². The number of nitrogens with one attached hydrogen (secondary N) is 1. The van der Waals surface area contributed by atoms with Gasteiger partial charge in [-0.25, -0.2) is 0 Å². The van der Waals surface area contributed by atoms with Crippen molar-refractivity contribution in [3.63, 3.8) is 0 Å². The van der Waals surface area contributed by atoms with Crippen molar-refractivity contribution < 1.29 is 19.1 Å². The summed E-state index contributed by atoms with van der Waals surface area (Å²) in [6.07, 6.45) is 1.30. The number of nitrogens with zero attached hydrogens (tertiary/aromatic N) is 3. The third-order valence-electron chi connectivity index (χ3n) is 6.75. The molecule has 1 N–H and O–H groups in total. The van der Waals surface area contributed by atoms with Gasteiger partial charge in [-0.2, -0.15) is 0 Å². The molecule has 4 rings (SSSR count). The van der Waals surface area contributed by atoms with Crippen LogP contribution in [0.4, 0.5) is 0 Å². The third kappa shape index (κ3) is 5.91. The minimum Gasteiger partial charge on any atom is -0.383 e. The van der Waals surface area contributed by atoms with Crippen LogP contribution in [0.5, 0.6) is 0 Å². The van der Waals surface area contributed by atoms with E-state index in [2.05, 4.69) is 5.32 Å². The Bertz CT molecular complexity index is 1000. The second kappa shape index (κ2) is 11.8. The first-order chi connectivity index (χ1) is 17.0. The average molecular weight is 499 g/mol. The first kappa shape index (κ1) is 25.3. The lowest BCUT2D eigenvalue weighted by Gasteiger charge is -2.29. The monoisotopic (exact) mass is 498 g/mol. The van der Waals surface area contributed by atoms with Crippen LogP contribution < -0.4 is 5.32 Å². The first-order valence-corrected chi connectivity index (χ1v) is 13.1. The molecule has 0 spiro atoms. The molecule has 2 aromatic rings. The highest BCUT2D eigenvalue weighted by Gasteiger charge is 2.44. The Morgan fingerprint density at radius 1 is 1.14 bits per heavy atom. The van der Waals surface area contributed by atoms with E-state index in [1.807, 2.05) is 53.6 Å². The second-order valence-electron chi connectivity index (χ2n) is 9.13. The number of methoxy groups -OCH3 is 1. The zero-order chi connectivity index (χ0) is 24.8. The van der Waals surface area contributed by atoms with E-state index in [1.54, 1.807) is 16.9 Å². The molecular weight excluding hydrogens is 464 g/mol. The Morgan fingerprint density at radius 2 is 1.94 bits per heavy atom. The lowest BCUT2D eigenvalue weighted by Crippen LogP contribution is -2.48. The standard InChI is InChI=1S/C26H34N4O4S/c1-19-6-8-20(9-7-19)24(31)30-18-21(17-22(30)25(32)28-12-4-10-27-11-13-28)29(14-15-34-2)26(33)23-5-3-16-35-23/h3,5-9,16,21-22,27H,4,10-15,17-18H2,1-2H3. The summed E-state index contributed by atoms with van der Waals surface area (Å²) < 4.78 is 5.28. The summed E-state index contributed by atoms with van der Waals surface area (Å²) in [6.45, 7) is 5.98. The highest BCUT2D eigenvalue weighted by Crippen LogP contribution is 2.28. The molecule has 0 saturated carbocycles. The van der Waals surface area contributed by atoms with Gasteiger partial charge in [-0.05, 0) is 49.9 Å². The number of aryl methyl sites for hydroxylation is 1. The summed E-state index contributed by atoms with van der Waals surface area (Å²) in [6, 6.07) is 10.2. The predicted octanol–water partition coefficient (Wildman–Crippen LogP) is 2.25. The molecule has 2 aliphatic heterocycles. The fraction of sp³-hybridized carbons (Fsp3) is 0.500. The number of amides is 3. The highest BCUT2D eigenvalue weighted by molar-refractivity contribution is 7.12. The molecule has 3 amide bonds. The number of hydrogen-bond donors (Lipinski definition) is 1. The highest BCUT2D eigenvalue weighted by atomic mass is 32.1. The van der Waals surface area contributed by atoms with E-state index in [0.717, 1.165) is 25.1 Å². The zero-order valence-electron chi connectivity index (χ0n) is 20.4. The van der Waals surface area contributed by atoms with Crippen molar-refractivity contribution in [3.8, 4) is 0 Å². The molecule has 0 radical (unpaired) electrons. The number of ether oxygens (including phenoxy) is 1. The lowest BCUT2D eigenvalue weighted by atomic mass is 10.1. The molecule has 188 valence electrons. The van der Waals surface area contributed by atoms with Crippen molar-refractivity contribution in [1.82, 2.24) is 20.0 Å². The molecule has 0 bridgehead atoms. The van der Waals surface area contributed by atoms with Gasteiger partial charge in [-0.15, -0.1) is 11.3 Å². The van der Waals surface area contributed by atoms with Gasteiger partial charge in [0.1, 0.15) is 6.04 Å². The van der Waals surface area contributed by atoms with Crippen molar-refractivity contribution in [2.45, 2.75) is 31.8 Å². The van der Waals surface area contributed by atoms with Crippen molar-refractivity contribution in [3.05, 3.63) is 57.8 Å². The fourth-order valence-electron chi connectivity index (χ4n) is 4.82. The van der Waals surface area contributed by atoms with Crippen LogP contribution >= 0.6 is 11.3 Å². The van der Waals surface area contributed by atoms with E-state index in [9.17, 15) is 14.4 Å². The van der Waals surface area contributed by atoms with E-state index < -0.39 is 6.04 Å². The van der Waals surface area contributed by atoms with Gasteiger partial charge in [0.15, 0.2) is 0 Å². The van der Waals surface area contributed by atoms with Crippen molar-refractivity contribution in [2.24, 2.45) is 0 Å². The Hall–Kier alpha value is -2.75. The van der Waals surface area contributed by atoms with Crippen molar-refractivity contribution in [2.75, 3.05) is 53.0 Å². The van der Waals surface area contributed by atoms with Crippen LogP contribution in [0.15, 0.2) is 41.8 Å². The normalized spacial score (nSPS) is 20.5. The van der Waals surface area contributed by atoms with Gasteiger partial charge in [0, 0.05) is 45.4 Å². The van der Waals surface area contributed by atoms with E-state index in [4.69, 9.17) is 4.74 Å². The summed E-state index contributed by atoms with van der Waals surface area (Å²) >= 11 is 1.39. The number of carbonyl (C=O) groups excluding carboxylic acids is 3. The number of benzene rings is 1. The third-order valence-corrected chi connectivity index (χ3v) is 7.60. The molecule has 2 aliphatic rings. The summed E-state index contributed by atoms with van der Waals surface area (Å²) in [4.78, 5) is 46.7. The molecule has 1 aromatic heterocycles. The summed E-state index contributed by atoms with van der Waals surface area (Å²) in [7, 11) is 1.61. The quantitative estimate of drug-likeness (QED) is 0.633. The Kier molecular flexibility index (Phi) is 8.54. The molecule has 9 heteroatoms. The lowest BCUT2D eigenvalue weighted by molar-refractivity contribution is -0.135. The topological polar surface area (TPSA) is 82.2 Å². The fourth-order valence-corrected chi connectivity index (χ4v) is 5.50. The van der Waals surface area contributed by atoms with Crippen molar-refractivity contribution in [1.29, 1.82) is 0 Å². The maximum Gasteiger partial charge on any atom is 0.264 e. The average Bonchev–Trinajstić information content (AvgIpc) is 3.48. The Balaban J connectivity index is 1.62. The molecule has 2 saturated heterocycles.